The van der Waals surface area contributed by atoms with Crippen molar-refractivity contribution in [1.82, 2.24) is 14.7 Å². The fourth-order valence-corrected chi connectivity index (χ4v) is 1.46. The van der Waals surface area contributed by atoms with E-state index in [1.54, 1.807) is 19.0 Å². The molecule has 18 heavy (non-hydrogen) atoms. The van der Waals surface area contributed by atoms with E-state index in [4.69, 9.17) is 4.74 Å². The van der Waals surface area contributed by atoms with Crippen molar-refractivity contribution in [1.29, 1.82) is 0 Å². The molecule has 0 aromatic rings. The summed E-state index contributed by atoms with van der Waals surface area (Å²) in [7, 11) is 7.47. The van der Waals surface area contributed by atoms with Gasteiger partial charge in [0.1, 0.15) is 0 Å². The van der Waals surface area contributed by atoms with E-state index in [-0.39, 0.29) is 5.91 Å². The molecule has 108 valence electrons. The third-order valence-electron chi connectivity index (χ3n) is 2.82. The van der Waals surface area contributed by atoms with Gasteiger partial charge in [-0.15, -0.1) is 0 Å². The summed E-state index contributed by atoms with van der Waals surface area (Å²) in [5.41, 5.74) is 0. The van der Waals surface area contributed by atoms with E-state index in [0.29, 0.717) is 6.42 Å². The molecule has 1 aliphatic heterocycles. The highest BCUT2D eigenvalue weighted by Crippen LogP contribution is 1.93. The molecular formula is C13H29N3O2. The summed E-state index contributed by atoms with van der Waals surface area (Å²) in [5.74, 6) is 0.189. The van der Waals surface area contributed by atoms with Crippen LogP contribution in [0.2, 0.25) is 0 Å². The molecule has 5 nitrogen and oxygen atoms in total. The minimum atomic E-state index is 0.189. The van der Waals surface area contributed by atoms with Gasteiger partial charge in [-0.05, 0) is 20.6 Å². The fourth-order valence-electron chi connectivity index (χ4n) is 1.46. The van der Waals surface area contributed by atoms with E-state index in [9.17, 15) is 4.79 Å². The number of amides is 1. The number of hydrogen-bond acceptors (Lipinski definition) is 4. The van der Waals surface area contributed by atoms with Crippen LogP contribution < -0.4 is 0 Å². The quantitative estimate of drug-likeness (QED) is 0.730. The predicted octanol–water partition coefficient (Wildman–Crippen LogP) is 0.365. The molecule has 5 heteroatoms. The molecule has 0 bridgehead atoms. The van der Waals surface area contributed by atoms with Crippen LogP contribution in [0, 0.1) is 0 Å². The Hall–Kier alpha value is -0.650. The second kappa shape index (κ2) is 10.3. The van der Waals surface area contributed by atoms with Gasteiger partial charge in [0, 0.05) is 40.2 Å². The van der Waals surface area contributed by atoms with Crippen LogP contribution in [0.15, 0.2) is 0 Å². The van der Waals surface area contributed by atoms with E-state index in [1.807, 2.05) is 19.0 Å². The van der Waals surface area contributed by atoms with Crippen molar-refractivity contribution < 1.29 is 9.53 Å². The summed E-state index contributed by atoms with van der Waals surface area (Å²) in [5, 5.41) is 0. The summed E-state index contributed by atoms with van der Waals surface area (Å²) >= 11 is 0. The standard InChI is InChI=1S/C7H16N2O.C6H13NO/c1-8(2)6-5-7(10)9(3)4;1-2-7-3-5-8-6-4-7/h5-6H2,1-4H3;2-6H2,1H3. The average molecular weight is 259 g/mol. The number of ether oxygens (including phenoxy) is 1. The first-order valence-corrected chi connectivity index (χ1v) is 6.62. The normalized spacial score (nSPS) is 16.1. The molecule has 0 saturated carbocycles. The molecule has 0 aromatic heterocycles. The number of rotatable bonds is 4. The highest BCUT2D eigenvalue weighted by molar-refractivity contribution is 5.75. The molecule has 1 rings (SSSR count). The number of nitrogens with zero attached hydrogens (tertiary/aromatic N) is 3. The largest absolute Gasteiger partial charge is 0.379 e. The zero-order valence-electron chi connectivity index (χ0n) is 12.6. The molecular weight excluding hydrogens is 230 g/mol. The molecule has 0 unspecified atom stereocenters. The Balaban J connectivity index is 0.000000327. The van der Waals surface area contributed by atoms with Crippen molar-refractivity contribution in [3.8, 4) is 0 Å². The van der Waals surface area contributed by atoms with Gasteiger partial charge in [0.15, 0.2) is 0 Å². The Morgan fingerprint density at radius 2 is 1.72 bits per heavy atom. The van der Waals surface area contributed by atoms with Gasteiger partial charge in [-0.25, -0.2) is 0 Å². The SMILES string of the molecule is CCN1CCOCC1.CN(C)CCC(=O)N(C)C. The van der Waals surface area contributed by atoms with Gasteiger partial charge in [-0.2, -0.15) is 0 Å². The summed E-state index contributed by atoms with van der Waals surface area (Å²) in [4.78, 5) is 17.0. The summed E-state index contributed by atoms with van der Waals surface area (Å²) in [6.07, 6.45) is 0.611. The molecule has 0 N–H and O–H groups in total. The summed E-state index contributed by atoms with van der Waals surface area (Å²) < 4.78 is 5.16. The van der Waals surface area contributed by atoms with Crippen molar-refractivity contribution >= 4 is 5.91 Å². The predicted molar refractivity (Wildman–Crippen MR) is 74.8 cm³/mol. The first kappa shape index (κ1) is 17.4. The molecule has 1 fully saturated rings. The third-order valence-corrected chi connectivity index (χ3v) is 2.82. The van der Waals surface area contributed by atoms with Gasteiger partial charge in [-0.1, -0.05) is 6.92 Å². The zero-order chi connectivity index (χ0) is 14.0. The highest BCUT2D eigenvalue weighted by Gasteiger charge is 2.05. The lowest BCUT2D eigenvalue weighted by molar-refractivity contribution is -0.128. The van der Waals surface area contributed by atoms with Crippen LogP contribution in [0.25, 0.3) is 0 Å². The maximum atomic E-state index is 10.9. The Kier molecular flexibility index (Phi) is 9.92. The first-order valence-electron chi connectivity index (χ1n) is 6.62. The Morgan fingerprint density at radius 3 is 2.06 bits per heavy atom. The fraction of sp³-hybridized carbons (Fsp3) is 0.923. The zero-order valence-corrected chi connectivity index (χ0v) is 12.6. The second-order valence-electron chi connectivity index (χ2n) is 4.89. The molecule has 0 spiro atoms. The molecule has 0 atom stereocenters. The number of morpholine rings is 1. The topological polar surface area (TPSA) is 36.0 Å². The van der Waals surface area contributed by atoms with E-state index < -0.39 is 0 Å². The molecule has 0 radical (unpaired) electrons. The maximum Gasteiger partial charge on any atom is 0.223 e. The third kappa shape index (κ3) is 9.39. The van der Waals surface area contributed by atoms with E-state index >= 15 is 0 Å². The van der Waals surface area contributed by atoms with Gasteiger partial charge in [0.25, 0.3) is 0 Å². The van der Waals surface area contributed by atoms with E-state index in [0.717, 1.165) is 32.8 Å². The van der Waals surface area contributed by atoms with Crippen molar-refractivity contribution in [3.63, 3.8) is 0 Å². The van der Waals surface area contributed by atoms with E-state index in [1.165, 1.54) is 6.54 Å². The van der Waals surface area contributed by atoms with Gasteiger partial charge >= 0.3 is 0 Å². The van der Waals surface area contributed by atoms with Crippen molar-refractivity contribution in [2.24, 2.45) is 0 Å². The number of likely N-dealkylation sites (N-methyl/N-ethyl adjacent to an activating group) is 1. The van der Waals surface area contributed by atoms with Crippen LogP contribution in [0.1, 0.15) is 13.3 Å². The van der Waals surface area contributed by atoms with Gasteiger partial charge in [0.2, 0.25) is 5.91 Å². The number of hydrogen-bond donors (Lipinski definition) is 0. The van der Waals surface area contributed by atoms with Gasteiger partial charge < -0.3 is 14.5 Å². The van der Waals surface area contributed by atoms with Gasteiger partial charge in [-0.3, -0.25) is 9.69 Å². The first-order chi connectivity index (χ1) is 8.47. The van der Waals surface area contributed by atoms with E-state index in [2.05, 4.69) is 11.8 Å². The Morgan fingerprint density at radius 1 is 1.17 bits per heavy atom. The number of carbonyl (C=O) groups is 1. The minimum Gasteiger partial charge on any atom is -0.379 e. The smallest absolute Gasteiger partial charge is 0.223 e. The molecule has 1 amide bonds. The lowest BCUT2D eigenvalue weighted by atomic mass is 10.4. The van der Waals surface area contributed by atoms with Crippen LogP contribution in [0.4, 0.5) is 0 Å². The minimum absolute atomic E-state index is 0.189. The summed E-state index contributed by atoms with van der Waals surface area (Å²) in [6, 6.07) is 0. The lowest BCUT2D eigenvalue weighted by Gasteiger charge is -2.24. The Labute approximate surface area is 112 Å². The van der Waals surface area contributed by atoms with Crippen LogP contribution in [-0.4, -0.2) is 88.2 Å². The van der Waals surface area contributed by atoms with Crippen LogP contribution in [0.3, 0.4) is 0 Å². The van der Waals surface area contributed by atoms with Gasteiger partial charge in [0.05, 0.1) is 13.2 Å². The van der Waals surface area contributed by atoms with Crippen LogP contribution >= 0.6 is 0 Å². The summed E-state index contributed by atoms with van der Waals surface area (Å²) in [6.45, 7) is 8.28. The Bertz CT molecular complexity index is 214. The van der Waals surface area contributed by atoms with Crippen molar-refractivity contribution in [2.75, 3.05) is 67.6 Å². The molecule has 1 heterocycles. The van der Waals surface area contributed by atoms with Crippen molar-refractivity contribution in [2.45, 2.75) is 13.3 Å². The monoisotopic (exact) mass is 259 g/mol. The highest BCUT2D eigenvalue weighted by atomic mass is 16.5. The molecule has 0 aromatic carbocycles. The van der Waals surface area contributed by atoms with Crippen LogP contribution in [0.5, 0.6) is 0 Å². The average Bonchev–Trinajstić information content (AvgIpc) is 2.37. The van der Waals surface area contributed by atoms with Crippen molar-refractivity contribution in [3.05, 3.63) is 0 Å². The number of carbonyl (C=O) groups excluding carboxylic acids is 1. The molecule has 1 saturated heterocycles. The molecule has 0 aliphatic carbocycles. The molecule has 1 aliphatic rings. The second-order valence-corrected chi connectivity index (χ2v) is 4.89. The maximum absolute atomic E-state index is 10.9. The lowest BCUT2D eigenvalue weighted by Crippen LogP contribution is -2.35. The van der Waals surface area contributed by atoms with Crippen LogP contribution in [-0.2, 0) is 9.53 Å².